The number of hydrogen-bond donors (Lipinski definition) is 3. The first-order chi connectivity index (χ1) is 18.0. The Morgan fingerprint density at radius 2 is 1.52 bits per heavy atom. The van der Waals surface area contributed by atoms with E-state index in [9.17, 15) is 24.0 Å². The highest BCUT2D eigenvalue weighted by Gasteiger charge is 2.70. The number of piperidine rings is 1. The summed E-state index contributed by atoms with van der Waals surface area (Å²) in [7, 11) is 0. The molecule has 3 N–H and O–H groups in total. The van der Waals surface area contributed by atoms with Gasteiger partial charge in [0.25, 0.3) is 5.91 Å². The van der Waals surface area contributed by atoms with E-state index in [1.54, 1.807) is 4.90 Å². The average molecular weight is 561 g/mol. The normalized spacial score (nSPS) is 23.4. The topological polar surface area (TPSA) is 125 Å². The van der Waals surface area contributed by atoms with Crippen LogP contribution in [0.2, 0.25) is 0 Å². The molecule has 2 aliphatic rings. The number of likely N-dealkylation sites (tertiary alicyclic amines) is 1. The van der Waals surface area contributed by atoms with E-state index < -0.39 is 41.1 Å². The monoisotopic (exact) mass is 560 g/mol. The molecule has 1 saturated carbocycles. The molecule has 0 radical (unpaired) electrons. The van der Waals surface area contributed by atoms with Gasteiger partial charge in [-0.1, -0.05) is 82.2 Å². The van der Waals surface area contributed by atoms with Crippen LogP contribution in [0.1, 0.15) is 89.0 Å². The predicted molar refractivity (Wildman–Crippen MR) is 156 cm³/mol. The van der Waals surface area contributed by atoms with Gasteiger partial charge in [0.15, 0.2) is 0 Å². The van der Waals surface area contributed by atoms with Crippen LogP contribution in [0.4, 0.5) is 0 Å². The number of carbonyl (C=O) groups excluding carboxylic acids is 5. The molecule has 226 valence electrons. The molecule has 9 nitrogen and oxygen atoms in total. The molecule has 1 aliphatic heterocycles. The molecule has 9 heteroatoms. The third kappa shape index (κ3) is 8.16. The Morgan fingerprint density at radius 3 is 2.00 bits per heavy atom. The maximum atomic E-state index is 14.1. The van der Waals surface area contributed by atoms with Crippen molar-refractivity contribution in [3.05, 3.63) is 12.7 Å². The van der Waals surface area contributed by atoms with E-state index in [4.69, 9.17) is 0 Å². The van der Waals surface area contributed by atoms with E-state index in [1.165, 1.54) is 6.08 Å². The number of hydrogen-bond acceptors (Lipinski definition) is 5. The van der Waals surface area contributed by atoms with Crippen molar-refractivity contribution in [2.75, 3.05) is 13.1 Å². The zero-order chi connectivity index (χ0) is 31.0. The van der Waals surface area contributed by atoms with Crippen molar-refractivity contribution in [3.8, 4) is 0 Å². The van der Waals surface area contributed by atoms with Gasteiger partial charge in [0, 0.05) is 19.5 Å². The van der Waals surface area contributed by atoms with Crippen LogP contribution in [0.15, 0.2) is 12.7 Å². The summed E-state index contributed by atoms with van der Waals surface area (Å²) in [5.74, 6) is -2.43. The molecule has 0 aromatic carbocycles. The van der Waals surface area contributed by atoms with Gasteiger partial charge in [0.1, 0.15) is 12.1 Å². The molecule has 3 unspecified atom stereocenters. The molecule has 1 heterocycles. The van der Waals surface area contributed by atoms with Crippen LogP contribution in [0.25, 0.3) is 0 Å². The second-order valence-corrected chi connectivity index (χ2v) is 15.7. The Morgan fingerprint density at radius 1 is 0.950 bits per heavy atom. The second kappa shape index (κ2) is 11.6. The van der Waals surface area contributed by atoms with Crippen molar-refractivity contribution in [1.29, 1.82) is 0 Å². The molecule has 0 spiro atoms. The van der Waals surface area contributed by atoms with Crippen LogP contribution in [0.5, 0.6) is 0 Å². The van der Waals surface area contributed by atoms with Gasteiger partial charge in [-0.2, -0.15) is 0 Å². The molecular formula is C31H52N4O5. The van der Waals surface area contributed by atoms with Crippen LogP contribution < -0.4 is 16.0 Å². The summed E-state index contributed by atoms with van der Waals surface area (Å²) >= 11 is 0. The zero-order valence-corrected chi connectivity index (χ0v) is 26.5. The number of carbonyl (C=O) groups is 5. The third-order valence-electron chi connectivity index (χ3n) is 7.95. The van der Waals surface area contributed by atoms with Crippen molar-refractivity contribution in [1.82, 2.24) is 20.9 Å². The summed E-state index contributed by atoms with van der Waals surface area (Å²) in [5.41, 5.74) is -1.34. The fourth-order valence-corrected chi connectivity index (χ4v) is 5.81. The lowest BCUT2D eigenvalue weighted by molar-refractivity contribution is -0.147. The smallest absolute Gasteiger partial charge is 0.289 e. The summed E-state index contributed by atoms with van der Waals surface area (Å²) < 4.78 is 0. The van der Waals surface area contributed by atoms with Gasteiger partial charge in [0.05, 0.1) is 6.04 Å². The van der Waals surface area contributed by atoms with Crippen LogP contribution in [0.3, 0.4) is 0 Å². The fourth-order valence-electron chi connectivity index (χ4n) is 5.81. The highest BCUT2D eigenvalue weighted by atomic mass is 16.2. The molecule has 4 amide bonds. The molecule has 0 bridgehead atoms. The summed E-state index contributed by atoms with van der Waals surface area (Å²) in [6.45, 7) is 25.6. The van der Waals surface area contributed by atoms with Crippen LogP contribution in [-0.2, 0) is 24.0 Å². The minimum Gasteiger partial charge on any atom is -0.346 e. The van der Waals surface area contributed by atoms with Crippen molar-refractivity contribution >= 4 is 29.4 Å². The van der Waals surface area contributed by atoms with Crippen molar-refractivity contribution in [2.24, 2.45) is 33.5 Å². The van der Waals surface area contributed by atoms with Crippen molar-refractivity contribution in [3.63, 3.8) is 0 Å². The predicted octanol–water partition coefficient (Wildman–Crippen LogP) is 3.23. The van der Waals surface area contributed by atoms with Crippen LogP contribution in [0, 0.1) is 33.5 Å². The number of fused-ring (bicyclic) bond motifs is 1. The van der Waals surface area contributed by atoms with E-state index >= 15 is 0 Å². The quantitative estimate of drug-likeness (QED) is 0.280. The molecule has 0 aromatic heterocycles. The van der Waals surface area contributed by atoms with Crippen LogP contribution in [-0.4, -0.2) is 65.5 Å². The molecule has 2 rings (SSSR count). The van der Waals surface area contributed by atoms with Gasteiger partial charge in [0.2, 0.25) is 23.5 Å². The fraction of sp³-hybridized carbons (Fsp3) is 0.774. The summed E-state index contributed by atoms with van der Waals surface area (Å²) in [6.07, 6.45) is 2.00. The Kier molecular flexibility index (Phi) is 9.75. The van der Waals surface area contributed by atoms with Crippen molar-refractivity contribution in [2.45, 2.75) is 107 Å². The second-order valence-electron chi connectivity index (χ2n) is 15.7. The summed E-state index contributed by atoms with van der Waals surface area (Å²) in [5, 5.41) is 8.29. The Bertz CT molecular complexity index is 1030. The minimum atomic E-state index is -1.04. The van der Waals surface area contributed by atoms with Crippen molar-refractivity contribution < 1.29 is 24.0 Å². The van der Waals surface area contributed by atoms with E-state index in [2.05, 4.69) is 36.4 Å². The number of rotatable bonds is 10. The SMILES string of the molecule is C=CCNC(=O)C(=O)C(CC(C)(C)C)NC(=O)[C@@H]1C2C(CN1C(=O)[C@@H](NC(=O)CC(C)(C)C)C(C)(C)C)C2(C)C. The maximum Gasteiger partial charge on any atom is 0.289 e. The van der Waals surface area contributed by atoms with Gasteiger partial charge >= 0.3 is 0 Å². The molecule has 5 atom stereocenters. The highest BCUT2D eigenvalue weighted by Crippen LogP contribution is 2.65. The number of Topliss-reactive ketones (excluding diaryl/α,β-unsaturated/α-hetero) is 1. The van der Waals surface area contributed by atoms with Gasteiger partial charge in [-0.3, -0.25) is 24.0 Å². The molecule has 0 aromatic rings. The highest BCUT2D eigenvalue weighted by molar-refractivity contribution is 6.38. The third-order valence-corrected chi connectivity index (χ3v) is 7.95. The summed E-state index contributed by atoms with van der Waals surface area (Å²) in [6, 6.07) is -2.67. The van der Waals surface area contributed by atoms with Gasteiger partial charge in [-0.25, -0.2) is 0 Å². The maximum absolute atomic E-state index is 14.1. The lowest BCUT2D eigenvalue weighted by Gasteiger charge is -2.38. The molecule has 2 fully saturated rings. The molecule has 1 aliphatic carbocycles. The first-order valence-corrected chi connectivity index (χ1v) is 14.3. The lowest BCUT2D eigenvalue weighted by Crippen LogP contribution is -2.61. The first kappa shape index (κ1) is 33.5. The van der Waals surface area contributed by atoms with Gasteiger partial charge in [-0.15, -0.1) is 6.58 Å². The first-order valence-electron chi connectivity index (χ1n) is 14.3. The number of nitrogens with one attached hydrogen (secondary N) is 3. The Balaban J connectivity index is 2.36. The summed E-state index contributed by atoms with van der Waals surface area (Å²) in [4.78, 5) is 68.0. The van der Waals surface area contributed by atoms with Gasteiger partial charge < -0.3 is 20.9 Å². The minimum absolute atomic E-state index is 0.0812. The van der Waals surface area contributed by atoms with E-state index in [0.717, 1.165) is 0 Å². The largest absolute Gasteiger partial charge is 0.346 e. The standard InChI is InChI=1S/C31H52N4O5/c1-13-14-32-26(39)23(37)19(15-28(2,3)4)33-25(38)22-21-18(31(21,11)12)17-35(22)27(40)24(30(8,9)10)34-20(36)16-29(5,6)7/h13,18-19,21-22,24H,1,14-17H2,2-12H3,(H,32,39)(H,33,38)(H,34,36)/t18?,19?,21?,22-,24+/m0/s1. The Hall–Kier alpha value is -2.71. The van der Waals surface area contributed by atoms with E-state index in [-0.39, 0.29) is 59.3 Å². The molecule has 40 heavy (non-hydrogen) atoms. The average Bonchev–Trinajstić information content (AvgIpc) is 3.11. The Labute approximate surface area is 240 Å². The molecular weight excluding hydrogens is 508 g/mol. The zero-order valence-electron chi connectivity index (χ0n) is 26.5. The van der Waals surface area contributed by atoms with Gasteiger partial charge in [-0.05, 0) is 39.9 Å². The number of nitrogens with zero attached hydrogens (tertiary/aromatic N) is 1. The molecule has 1 saturated heterocycles. The van der Waals surface area contributed by atoms with E-state index in [1.807, 2.05) is 62.3 Å². The van der Waals surface area contributed by atoms with E-state index in [0.29, 0.717) is 6.54 Å². The number of ketones is 1. The lowest BCUT2D eigenvalue weighted by atomic mass is 9.84. The number of amides is 4. The van der Waals surface area contributed by atoms with Crippen LogP contribution >= 0.6 is 0 Å².